The molecular formula is C22H25NO4. The minimum atomic E-state index is -0.155. The first-order valence-corrected chi connectivity index (χ1v) is 9.28. The number of rotatable bonds is 6. The average Bonchev–Trinajstić information content (AvgIpc) is 2.67. The number of nitrogens with one attached hydrogen (secondary N) is 1. The molecule has 0 radical (unpaired) electrons. The predicted octanol–water partition coefficient (Wildman–Crippen LogP) is 4.49. The molecular weight excluding hydrogens is 342 g/mol. The molecule has 0 unspecified atom stereocenters. The molecule has 1 N–H and O–H groups in total. The number of aryl methyl sites for hydroxylation is 1. The zero-order chi connectivity index (χ0) is 19.4. The Hall–Kier alpha value is -2.82. The average molecular weight is 367 g/mol. The van der Waals surface area contributed by atoms with E-state index in [1.165, 1.54) is 0 Å². The van der Waals surface area contributed by atoms with Gasteiger partial charge in [-0.1, -0.05) is 32.0 Å². The molecule has 1 heterocycles. The van der Waals surface area contributed by atoms with E-state index in [4.69, 9.17) is 9.47 Å². The maximum absolute atomic E-state index is 12.5. The molecule has 0 atom stereocenters. The van der Waals surface area contributed by atoms with Gasteiger partial charge in [-0.15, -0.1) is 0 Å². The summed E-state index contributed by atoms with van der Waals surface area (Å²) in [5, 5.41) is 2.98. The number of carbonyl (C=O) groups excluding carboxylic acids is 2. The molecule has 2 aromatic rings. The predicted molar refractivity (Wildman–Crippen MR) is 105 cm³/mol. The van der Waals surface area contributed by atoms with E-state index in [1.54, 1.807) is 18.2 Å². The lowest BCUT2D eigenvalue weighted by Gasteiger charge is -2.18. The number of carbonyl (C=O) groups is 2. The molecule has 0 bridgehead atoms. The summed E-state index contributed by atoms with van der Waals surface area (Å²) in [4.78, 5) is 24.9. The van der Waals surface area contributed by atoms with Gasteiger partial charge in [-0.25, -0.2) is 0 Å². The third-order valence-corrected chi connectivity index (χ3v) is 4.63. The summed E-state index contributed by atoms with van der Waals surface area (Å²) < 4.78 is 11.0. The van der Waals surface area contributed by atoms with Gasteiger partial charge in [0.15, 0.2) is 17.3 Å². The summed E-state index contributed by atoms with van der Waals surface area (Å²) in [6.45, 7) is 7.15. The number of hydrogen-bond donors (Lipinski definition) is 1. The molecule has 5 heteroatoms. The number of Topliss-reactive ketones (excluding diaryl/α,β-unsaturated/α-hetero) is 1. The van der Waals surface area contributed by atoms with Crippen LogP contribution in [0.1, 0.15) is 54.1 Å². The van der Waals surface area contributed by atoms with Crippen LogP contribution in [-0.4, -0.2) is 24.9 Å². The summed E-state index contributed by atoms with van der Waals surface area (Å²) >= 11 is 0. The van der Waals surface area contributed by atoms with Crippen molar-refractivity contribution in [3.63, 3.8) is 0 Å². The van der Waals surface area contributed by atoms with Crippen LogP contribution in [0, 0.1) is 6.92 Å². The third-order valence-electron chi connectivity index (χ3n) is 4.63. The highest BCUT2D eigenvalue weighted by atomic mass is 16.6. The Morgan fingerprint density at radius 1 is 1.04 bits per heavy atom. The van der Waals surface area contributed by atoms with Gasteiger partial charge in [-0.3, -0.25) is 9.59 Å². The SMILES string of the molecule is Cc1cccc(C(C)C)c1NC(=O)CCC(=O)c1ccc2c(c1)OCCO2. The fourth-order valence-electron chi connectivity index (χ4n) is 3.13. The molecule has 1 aliphatic rings. The first-order valence-electron chi connectivity index (χ1n) is 9.28. The highest BCUT2D eigenvalue weighted by molar-refractivity contribution is 6.00. The van der Waals surface area contributed by atoms with Gasteiger partial charge in [0, 0.05) is 24.1 Å². The molecule has 0 saturated carbocycles. The Morgan fingerprint density at radius 2 is 1.78 bits per heavy atom. The van der Waals surface area contributed by atoms with Crippen LogP contribution >= 0.6 is 0 Å². The second kappa shape index (κ2) is 8.25. The van der Waals surface area contributed by atoms with Crippen LogP contribution in [-0.2, 0) is 4.79 Å². The van der Waals surface area contributed by atoms with Crippen LogP contribution in [0.25, 0.3) is 0 Å². The molecule has 5 nitrogen and oxygen atoms in total. The van der Waals surface area contributed by atoms with Gasteiger partial charge < -0.3 is 14.8 Å². The van der Waals surface area contributed by atoms with Crippen molar-refractivity contribution in [3.05, 3.63) is 53.1 Å². The van der Waals surface area contributed by atoms with Crippen LogP contribution in [0.15, 0.2) is 36.4 Å². The number of hydrogen-bond acceptors (Lipinski definition) is 4. The van der Waals surface area contributed by atoms with Crippen molar-refractivity contribution in [1.29, 1.82) is 0 Å². The summed E-state index contributed by atoms with van der Waals surface area (Å²) in [6, 6.07) is 11.1. The third kappa shape index (κ3) is 4.48. The molecule has 0 fully saturated rings. The molecule has 0 spiro atoms. The first-order chi connectivity index (χ1) is 13.0. The number of benzene rings is 2. The van der Waals surface area contributed by atoms with Crippen LogP contribution in [0.4, 0.5) is 5.69 Å². The normalized spacial score (nSPS) is 12.7. The largest absolute Gasteiger partial charge is 0.486 e. The van der Waals surface area contributed by atoms with E-state index in [0.717, 1.165) is 16.8 Å². The number of fused-ring (bicyclic) bond motifs is 1. The maximum atomic E-state index is 12.5. The fourth-order valence-corrected chi connectivity index (χ4v) is 3.13. The zero-order valence-corrected chi connectivity index (χ0v) is 16.0. The Morgan fingerprint density at radius 3 is 2.52 bits per heavy atom. The zero-order valence-electron chi connectivity index (χ0n) is 16.0. The Labute approximate surface area is 159 Å². The van der Waals surface area contributed by atoms with Crippen molar-refractivity contribution in [1.82, 2.24) is 0 Å². The van der Waals surface area contributed by atoms with Crippen molar-refractivity contribution in [3.8, 4) is 11.5 Å². The molecule has 27 heavy (non-hydrogen) atoms. The molecule has 2 aromatic carbocycles. The standard InChI is InChI=1S/C22H25NO4/c1-14(2)17-6-4-5-15(3)22(17)23-21(25)10-8-18(24)16-7-9-19-20(13-16)27-12-11-26-19/h4-7,9,13-14H,8,10-12H2,1-3H3,(H,23,25). The number of anilines is 1. The van der Waals surface area contributed by atoms with Crippen LogP contribution < -0.4 is 14.8 Å². The number of ether oxygens (including phenoxy) is 2. The monoisotopic (exact) mass is 367 g/mol. The highest BCUT2D eigenvalue weighted by Gasteiger charge is 2.17. The van der Waals surface area contributed by atoms with Crippen molar-refractivity contribution >= 4 is 17.4 Å². The molecule has 0 aliphatic carbocycles. The van der Waals surface area contributed by atoms with E-state index < -0.39 is 0 Å². The molecule has 1 amide bonds. The van der Waals surface area contributed by atoms with Crippen molar-refractivity contribution in [2.24, 2.45) is 0 Å². The summed E-state index contributed by atoms with van der Waals surface area (Å²) in [6.07, 6.45) is 0.285. The molecule has 3 rings (SSSR count). The van der Waals surface area contributed by atoms with E-state index in [2.05, 4.69) is 19.2 Å². The summed E-state index contributed by atoms with van der Waals surface area (Å²) in [7, 11) is 0. The van der Waals surface area contributed by atoms with E-state index in [1.807, 2.05) is 25.1 Å². The van der Waals surface area contributed by atoms with Gasteiger partial charge in [-0.2, -0.15) is 0 Å². The summed E-state index contributed by atoms with van der Waals surface area (Å²) in [5.41, 5.74) is 3.50. The van der Waals surface area contributed by atoms with E-state index in [0.29, 0.717) is 36.2 Å². The van der Waals surface area contributed by atoms with Crippen LogP contribution in [0.2, 0.25) is 0 Å². The van der Waals surface area contributed by atoms with E-state index in [-0.39, 0.29) is 24.5 Å². The van der Waals surface area contributed by atoms with Crippen molar-refractivity contribution < 1.29 is 19.1 Å². The van der Waals surface area contributed by atoms with Gasteiger partial charge in [0.05, 0.1) is 0 Å². The van der Waals surface area contributed by atoms with Gasteiger partial charge in [0.25, 0.3) is 0 Å². The number of para-hydroxylation sites is 1. The summed E-state index contributed by atoms with van der Waals surface area (Å²) in [5.74, 6) is 1.29. The lowest BCUT2D eigenvalue weighted by molar-refractivity contribution is -0.116. The second-order valence-electron chi connectivity index (χ2n) is 7.02. The van der Waals surface area contributed by atoms with Gasteiger partial charge in [0.2, 0.25) is 5.91 Å². The van der Waals surface area contributed by atoms with Crippen molar-refractivity contribution in [2.75, 3.05) is 18.5 Å². The maximum Gasteiger partial charge on any atom is 0.224 e. The van der Waals surface area contributed by atoms with E-state index in [9.17, 15) is 9.59 Å². The highest BCUT2D eigenvalue weighted by Crippen LogP contribution is 2.31. The lowest BCUT2D eigenvalue weighted by Crippen LogP contribution is -2.17. The van der Waals surface area contributed by atoms with Gasteiger partial charge in [-0.05, 0) is 42.2 Å². The molecule has 1 aliphatic heterocycles. The fraction of sp³-hybridized carbons (Fsp3) is 0.364. The lowest BCUT2D eigenvalue weighted by atomic mass is 9.98. The Balaban J connectivity index is 1.62. The second-order valence-corrected chi connectivity index (χ2v) is 7.02. The van der Waals surface area contributed by atoms with Crippen LogP contribution in [0.5, 0.6) is 11.5 Å². The number of ketones is 1. The molecule has 142 valence electrons. The Kier molecular flexibility index (Phi) is 5.79. The van der Waals surface area contributed by atoms with E-state index >= 15 is 0 Å². The minimum Gasteiger partial charge on any atom is -0.486 e. The quantitative estimate of drug-likeness (QED) is 0.764. The molecule has 0 aromatic heterocycles. The van der Waals surface area contributed by atoms with Gasteiger partial charge in [0.1, 0.15) is 13.2 Å². The van der Waals surface area contributed by atoms with Crippen molar-refractivity contribution in [2.45, 2.75) is 39.5 Å². The smallest absolute Gasteiger partial charge is 0.224 e. The topological polar surface area (TPSA) is 64.6 Å². The van der Waals surface area contributed by atoms with Crippen LogP contribution in [0.3, 0.4) is 0 Å². The Bertz CT molecular complexity index is 857. The first kappa shape index (κ1) is 19.0. The minimum absolute atomic E-state index is 0.0870. The van der Waals surface area contributed by atoms with Gasteiger partial charge >= 0.3 is 0 Å². The number of amides is 1. The molecule has 0 saturated heterocycles.